The topological polar surface area (TPSA) is 113 Å². The van der Waals surface area contributed by atoms with E-state index in [0.717, 1.165) is 11.1 Å². The fourth-order valence-corrected chi connectivity index (χ4v) is 2.50. The molecule has 0 saturated heterocycles. The molecule has 21 heavy (non-hydrogen) atoms. The van der Waals surface area contributed by atoms with E-state index in [-0.39, 0.29) is 13.0 Å². The minimum absolute atomic E-state index is 0.0227. The number of hydrogen-bond donors (Lipinski definition) is 3. The number of urea groups is 1. The zero-order valence-electron chi connectivity index (χ0n) is 11.4. The van der Waals surface area contributed by atoms with Crippen molar-refractivity contribution in [3.05, 3.63) is 35.4 Å². The van der Waals surface area contributed by atoms with E-state index in [0.29, 0.717) is 13.0 Å². The van der Waals surface area contributed by atoms with Gasteiger partial charge in [-0.2, -0.15) is 0 Å². The second-order valence-corrected chi connectivity index (χ2v) is 4.96. The van der Waals surface area contributed by atoms with Crippen molar-refractivity contribution in [2.75, 3.05) is 6.54 Å². The Labute approximate surface area is 121 Å². The van der Waals surface area contributed by atoms with Crippen LogP contribution >= 0.6 is 0 Å². The first-order valence-corrected chi connectivity index (χ1v) is 6.60. The van der Waals surface area contributed by atoms with E-state index in [9.17, 15) is 19.5 Å². The number of hydrogen-bond acceptors (Lipinski definition) is 4. The van der Waals surface area contributed by atoms with Crippen molar-refractivity contribution in [3.63, 3.8) is 0 Å². The predicted molar refractivity (Wildman–Crippen MR) is 74.3 cm³/mol. The smallest absolute Gasteiger partial charge is 0.321 e. The minimum Gasteiger partial charge on any atom is -0.480 e. The van der Waals surface area contributed by atoms with Gasteiger partial charge in [0, 0.05) is 19.5 Å². The second kappa shape index (κ2) is 6.36. The van der Waals surface area contributed by atoms with Gasteiger partial charge < -0.3 is 10.8 Å². The lowest BCUT2D eigenvalue weighted by Gasteiger charge is -2.34. The van der Waals surface area contributed by atoms with Gasteiger partial charge in [-0.3, -0.25) is 19.8 Å². The van der Waals surface area contributed by atoms with Gasteiger partial charge in [0.1, 0.15) is 6.04 Å². The molecular weight excluding hydrogens is 274 g/mol. The Hall–Kier alpha value is -2.41. The summed E-state index contributed by atoms with van der Waals surface area (Å²) in [5.41, 5.74) is 6.94. The molecule has 0 fully saturated rings. The fourth-order valence-electron chi connectivity index (χ4n) is 2.50. The quantitative estimate of drug-likeness (QED) is 0.727. The summed E-state index contributed by atoms with van der Waals surface area (Å²) in [6.45, 7) is 0.724. The van der Waals surface area contributed by atoms with Gasteiger partial charge in [0.2, 0.25) is 5.91 Å². The van der Waals surface area contributed by atoms with Crippen molar-refractivity contribution in [3.8, 4) is 0 Å². The maximum Gasteiger partial charge on any atom is 0.321 e. The highest BCUT2D eigenvalue weighted by molar-refractivity contribution is 5.93. The molecule has 1 aliphatic rings. The average molecular weight is 291 g/mol. The van der Waals surface area contributed by atoms with Crippen molar-refractivity contribution in [2.24, 2.45) is 5.73 Å². The van der Waals surface area contributed by atoms with Crippen LogP contribution in [0.4, 0.5) is 4.79 Å². The Morgan fingerprint density at radius 2 is 1.95 bits per heavy atom. The molecule has 1 aromatic carbocycles. The zero-order chi connectivity index (χ0) is 15.4. The first-order valence-electron chi connectivity index (χ1n) is 6.60. The van der Waals surface area contributed by atoms with Crippen LogP contribution in [-0.4, -0.2) is 40.5 Å². The molecule has 0 radical (unpaired) electrons. The maximum atomic E-state index is 11.4. The largest absolute Gasteiger partial charge is 0.480 e. The molecule has 7 heteroatoms. The number of rotatable bonds is 4. The van der Waals surface area contributed by atoms with Gasteiger partial charge in [0.25, 0.3) is 0 Å². The molecule has 0 spiro atoms. The monoisotopic (exact) mass is 291 g/mol. The van der Waals surface area contributed by atoms with Crippen molar-refractivity contribution >= 4 is 17.9 Å². The van der Waals surface area contributed by atoms with Crippen molar-refractivity contribution < 1.29 is 19.5 Å². The summed E-state index contributed by atoms with van der Waals surface area (Å²) in [6.07, 6.45) is 0.428. The molecular formula is C14H17N3O4. The molecule has 112 valence electrons. The van der Waals surface area contributed by atoms with Gasteiger partial charge in [-0.05, 0) is 17.5 Å². The molecule has 1 atom stereocenters. The summed E-state index contributed by atoms with van der Waals surface area (Å²) < 4.78 is 0. The van der Waals surface area contributed by atoms with Gasteiger partial charge in [-0.1, -0.05) is 24.3 Å². The minimum atomic E-state index is -0.917. The second-order valence-electron chi connectivity index (χ2n) is 4.96. The van der Waals surface area contributed by atoms with E-state index in [1.54, 1.807) is 4.90 Å². The third-order valence-corrected chi connectivity index (χ3v) is 3.52. The summed E-state index contributed by atoms with van der Waals surface area (Å²) in [5, 5.41) is 11.3. The first kappa shape index (κ1) is 15.0. The van der Waals surface area contributed by atoms with Gasteiger partial charge in [-0.25, -0.2) is 4.79 Å². The average Bonchev–Trinajstić information content (AvgIpc) is 2.43. The molecule has 1 aliphatic heterocycles. The molecule has 3 amide bonds. The number of carbonyl (C=O) groups excluding carboxylic acids is 2. The van der Waals surface area contributed by atoms with Crippen LogP contribution in [-0.2, 0) is 22.6 Å². The van der Waals surface area contributed by atoms with Crippen molar-refractivity contribution in [1.82, 2.24) is 10.2 Å². The van der Waals surface area contributed by atoms with Crippen LogP contribution in [0.25, 0.3) is 0 Å². The lowest BCUT2D eigenvalue weighted by atomic mass is 9.94. The molecule has 1 heterocycles. The number of imide groups is 1. The van der Waals surface area contributed by atoms with E-state index < -0.39 is 23.9 Å². The normalized spacial score (nSPS) is 17.8. The molecule has 0 bridgehead atoms. The molecule has 4 N–H and O–H groups in total. The van der Waals surface area contributed by atoms with Crippen molar-refractivity contribution in [1.29, 1.82) is 0 Å². The number of benzene rings is 1. The molecule has 0 aromatic heterocycles. The number of nitrogens with two attached hydrogens (primary N) is 1. The first-order chi connectivity index (χ1) is 9.97. The third kappa shape index (κ3) is 3.79. The number of carboxylic acids is 1. The van der Waals surface area contributed by atoms with Crippen LogP contribution in [0.1, 0.15) is 17.5 Å². The number of amides is 3. The summed E-state index contributed by atoms with van der Waals surface area (Å²) in [5.74, 6) is -1.43. The number of carbonyl (C=O) groups is 3. The number of aliphatic carboxylic acids is 1. The van der Waals surface area contributed by atoms with Crippen LogP contribution in [0.15, 0.2) is 24.3 Å². The van der Waals surface area contributed by atoms with Crippen molar-refractivity contribution in [2.45, 2.75) is 25.4 Å². The predicted octanol–water partition coefficient (Wildman–Crippen LogP) is 0.0829. The van der Waals surface area contributed by atoms with Gasteiger partial charge in [0.05, 0.1) is 0 Å². The van der Waals surface area contributed by atoms with Crippen LogP contribution in [0.5, 0.6) is 0 Å². The molecule has 0 saturated carbocycles. The number of fused-ring (bicyclic) bond motifs is 1. The highest BCUT2D eigenvalue weighted by Crippen LogP contribution is 2.23. The van der Waals surface area contributed by atoms with Gasteiger partial charge >= 0.3 is 12.0 Å². The van der Waals surface area contributed by atoms with Gasteiger partial charge in [0.15, 0.2) is 0 Å². The highest BCUT2D eigenvalue weighted by Gasteiger charge is 2.31. The highest BCUT2D eigenvalue weighted by atomic mass is 16.4. The lowest BCUT2D eigenvalue weighted by molar-refractivity contribution is -0.144. The fraction of sp³-hybridized carbons (Fsp3) is 0.357. The van der Waals surface area contributed by atoms with E-state index in [1.165, 1.54) is 0 Å². The van der Waals surface area contributed by atoms with Crippen LogP contribution in [0.3, 0.4) is 0 Å². The Balaban J connectivity index is 2.05. The van der Waals surface area contributed by atoms with Crippen LogP contribution in [0, 0.1) is 0 Å². The van der Waals surface area contributed by atoms with Crippen LogP contribution in [0.2, 0.25) is 0 Å². The zero-order valence-corrected chi connectivity index (χ0v) is 11.4. The molecule has 7 nitrogen and oxygen atoms in total. The molecule has 0 unspecified atom stereocenters. The molecule has 1 aromatic rings. The molecule has 2 rings (SSSR count). The number of nitrogens with zero attached hydrogens (tertiary/aromatic N) is 1. The Bertz CT molecular complexity index is 573. The van der Waals surface area contributed by atoms with E-state index in [2.05, 4.69) is 0 Å². The summed E-state index contributed by atoms with van der Waals surface area (Å²) in [7, 11) is 0. The number of primary amides is 1. The van der Waals surface area contributed by atoms with E-state index >= 15 is 0 Å². The SMILES string of the molecule is NC(=O)NC(=O)CCN1Cc2ccccc2C[C@H]1C(=O)O. The summed E-state index contributed by atoms with van der Waals surface area (Å²) in [4.78, 5) is 35.1. The van der Waals surface area contributed by atoms with E-state index in [4.69, 9.17) is 5.73 Å². The number of carboxylic acid groups (broad SMARTS) is 1. The van der Waals surface area contributed by atoms with E-state index in [1.807, 2.05) is 29.6 Å². The Morgan fingerprint density at radius 1 is 1.29 bits per heavy atom. The standard InChI is InChI=1S/C14H17N3O4/c15-14(21)16-12(18)5-6-17-8-10-4-2-1-3-9(10)7-11(17)13(19)20/h1-4,11H,5-8H2,(H,19,20)(H3,15,16,18,21)/t11-/m0/s1. The van der Waals surface area contributed by atoms with Crippen LogP contribution < -0.4 is 11.1 Å². The Morgan fingerprint density at radius 3 is 2.57 bits per heavy atom. The maximum absolute atomic E-state index is 11.4. The third-order valence-electron chi connectivity index (χ3n) is 3.52. The lowest BCUT2D eigenvalue weighted by Crippen LogP contribution is -2.47. The van der Waals surface area contributed by atoms with Gasteiger partial charge in [-0.15, -0.1) is 0 Å². The summed E-state index contributed by atoms with van der Waals surface area (Å²) >= 11 is 0. The molecule has 0 aliphatic carbocycles. The number of nitrogens with one attached hydrogen (secondary N) is 1. The Kier molecular flexibility index (Phi) is 4.54. The summed E-state index contributed by atoms with van der Waals surface area (Å²) in [6, 6.07) is 6.08.